The van der Waals surface area contributed by atoms with Crippen LogP contribution in [-0.4, -0.2) is 72.4 Å². The first kappa shape index (κ1) is 25.9. The van der Waals surface area contributed by atoms with Gasteiger partial charge in [-0.1, -0.05) is 29.3 Å². The van der Waals surface area contributed by atoms with Crippen LogP contribution in [0.5, 0.6) is 0 Å². The van der Waals surface area contributed by atoms with Crippen LogP contribution in [0.25, 0.3) is 0 Å². The number of hydrogen-bond acceptors (Lipinski definition) is 6. The van der Waals surface area contributed by atoms with Crippen molar-refractivity contribution in [3.63, 3.8) is 0 Å². The number of piperidine rings is 1. The lowest BCUT2D eigenvalue weighted by Gasteiger charge is -2.38. The molecule has 2 aliphatic heterocycles. The molecule has 2 aromatic rings. The van der Waals surface area contributed by atoms with E-state index in [-0.39, 0.29) is 12.0 Å². The Morgan fingerprint density at radius 3 is 2.61 bits per heavy atom. The molecule has 9 heteroatoms. The predicted octanol–water partition coefficient (Wildman–Crippen LogP) is 4.56. The summed E-state index contributed by atoms with van der Waals surface area (Å²) in [5.41, 5.74) is 3.29. The van der Waals surface area contributed by atoms with Crippen molar-refractivity contribution < 1.29 is 14.3 Å². The van der Waals surface area contributed by atoms with Gasteiger partial charge in [-0.25, -0.2) is 9.97 Å². The first-order valence-electron chi connectivity index (χ1n) is 12.9. The molecule has 1 saturated carbocycles. The molecule has 36 heavy (non-hydrogen) atoms. The second kappa shape index (κ2) is 11.3. The maximum atomic E-state index is 13.7. The summed E-state index contributed by atoms with van der Waals surface area (Å²) in [5.74, 6) is 1.15. The summed E-state index contributed by atoms with van der Waals surface area (Å²) in [5, 5.41) is 4.81. The van der Waals surface area contributed by atoms with E-state index < -0.39 is 0 Å². The minimum absolute atomic E-state index is 0.00599. The molecule has 2 atom stereocenters. The molecule has 3 aliphatic rings. The molecule has 194 valence electrons. The summed E-state index contributed by atoms with van der Waals surface area (Å²) in [7, 11) is 1.74. The Balaban J connectivity index is 1.28. The maximum Gasteiger partial charge on any atom is 0.272 e. The molecule has 7 nitrogen and oxygen atoms in total. The quantitative estimate of drug-likeness (QED) is 0.563. The average Bonchev–Trinajstić information content (AvgIpc) is 3.73. The third-order valence-corrected chi connectivity index (χ3v) is 8.34. The molecule has 0 bridgehead atoms. The molecule has 1 amide bonds. The third kappa shape index (κ3) is 5.86. The van der Waals surface area contributed by atoms with Gasteiger partial charge in [0.25, 0.3) is 5.91 Å². The van der Waals surface area contributed by atoms with Crippen LogP contribution in [0.2, 0.25) is 10.0 Å². The Morgan fingerprint density at radius 2 is 1.92 bits per heavy atom. The van der Waals surface area contributed by atoms with Gasteiger partial charge >= 0.3 is 0 Å². The summed E-state index contributed by atoms with van der Waals surface area (Å²) in [6.07, 6.45) is 5.59. The van der Waals surface area contributed by atoms with Crippen LogP contribution in [0.3, 0.4) is 0 Å². The molecule has 1 aliphatic carbocycles. The highest BCUT2D eigenvalue weighted by atomic mass is 35.5. The van der Waals surface area contributed by atoms with E-state index in [0.29, 0.717) is 59.9 Å². The zero-order valence-electron chi connectivity index (χ0n) is 20.9. The fraction of sp³-hybridized carbons (Fsp3) is 0.593. The van der Waals surface area contributed by atoms with Crippen molar-refractivity contribution in [3.8, 4) is 0 Å². The van der Waals surface area contributed by atoms with E-state index in [0.717, 1.165) is 61.4 Å². The SMILES string of the molecule is CO[C@H]1COCC[C@H]1NC1CCN(C(=O)c2nc(C3CC3)nc(Cc3ccc(Cl)c(Cl)c3)c2C)CC1. The van der Waals surface area contributed by atoms with Crippen molar-refractivity contribution in [1.82, 2.24) is 20.2 Å². The van der Waals surface area contributed by atoms with Crippen LogP contribution >= 0.6 is 23.2 Å². The number of carbonyl (C=O) groups is 1. The number of carbonyl (C=O) groups excluding carboxylic acids is 1. The number of halogens is 2. The van der Waals surface area contributed by atoms with E-state index in [4.69, 9.17) is 42.6 Å². The topological polar surface area (TPSA) is 76.6 Å². The smallest absolute Gasteiger partial charge is 0.272 e. The number of benzene rings is 1. The van der Waals surface area contributed by atoms with Gasteiger partial charge in [0.1, 0.15) is 11.5 Å². The number of rotatable bonds is 7. The molecular weight excluding hydrogens is 499 g/mol. The van der Waals surface area contributed by atoms with Crippen molar-refractivity contribution in [2.75, 3.05) is 33.4 Å². The monoisotopic (exact) mass is 532 g/mol. The fourth-order valence-electron chi connectivity index (χ4n) is 5.17. The minimum atomic E-state index is 0.00599. The highest BCUT2D eigenvalue weighted by Crippen LogP contribution is 2.39. The number of ether oxygens (including phenoxy) is 2. The van der Waals surface area contributed by atoms with Gasteiger partial charge in [0, 0.05) is 56.8 Å². The maximum absolute atomic E-state index is 13.7. The number of amides is 1. The normalized spacial score (nSPS) is 23.2. The lowest BCUT2D eigenvalue weighted by molar-refractivity contribution is -0.0533. The molecule has 3 fully saturated rings. The van der Waals surface area contributed by atoms with E-state index in [2.05, 4.69) is 5.32 Å². The fourth-order valence-corrected chi connectivity index (χ4v) is 5.49. The summed E-state index contributed by atoms with van der Waals surface area (Å²) in [6.45, 7) is 4.77. The minimum Gasteiger partial charge on any atom is -0.379 e. The summed E-state index contributed by atoms with van der Waals surface area (Å²) < 4.78 is 11.1. The Hall–Kier alpha value is -1.77. The molecule has 5 rings (SSSR count). The van der Waals surface area contributed by atoms with Crippen LogP contribution in [0.15, 0.2) is 18.2 Å². The Morgan fingerprint density at radius 1 is 1.14 bits per heavy atom. The standard InChI is InChI=1S/C27H34Cl2N4O3/c1-16-23(14-17-3-6-20(28)21(29)13-17)31-26(18-4-5-18)32-25(16)27(34)33-10-7-19(8-11-33)30-22-9-12-36-15-24(22)35-2/h3,6,13,18-19,22,24,30H,4-5,7-12,14-15H2,1-2H3/t22-,24+/m1/s1. The number of aromatic nitrogens is 2. The molecule has 3 heterocycles. The second-order valence-electron chi connectivity index (χ2n) is 10.2. The van der Waals surface area contributed by atoms with Gasteiger partial charge in [0.2, 0.25) is 0 Å². The van der Waals surface area contributed by atoms with Gasteiger partial charge in [0.05, 0.1) is 28.5 Å². The molecule has 1 N–H and O–H groups in total. The lowest BCUT2D eigenvalue weighted by atomic mass is 9.99. The Labute approximate surface area is 222 Å². The molecule has 0 spiro atoms. The van der Waals surface area contributed by atoms with Crippen LogP contribution in [0.1, 0.15) is 71.2 Å². The molecule has 0 radical (unpaired) electrons. The van der Waals surface area contributed by atoms with E-state index in [1.807, 2.05) is 24.0 Å². The Bertz CT molecular complexity index is 1100. The van der Waals surface area contributed by atoms with Crippen molar-refractivity contribution >= 4 is 29.1 Å². The van der Waals surface area contributed by atoms with Gasteiger partial charge in [-0.05, 0) is 56.7 Å². The number of nitrogens with one attached hydrogen (secondary N) is 1. The van der Waals surface area contributed by atoms with Crippen molar-refractivity contribution in [3.05, 3.63) is 56.6 Å². The van der Waals surface area contributed by atoms with E-state index in [1.165, 1.54) is 0 Å². The van der Waals surface area contributed by atoms with Gasteiger partial charge in [-0.15, -0.1) is 0 Å². The summed E-state index contributed by atoms with van der Waals surface area (Å²) in [6, 6.07) is 6.29. The summed E-state index contributed by atoms with van der Waals surface area (Å²) in [4.78, 5) is 25.3. The largest absolute Gasteiger partial charge is 0.379 e. The van der Waals surface area contributed by atoms with E-state index in [9.17, 15) is 4.79 Å². The van der Waals surface area contributed by atoms with Gasteiger partial charge < -0.3 is 19.7 Å². The van der Waals surface area contributed by atoms with Crippen molar-refractivity contribution in [2.24, 2.45) is 0 Å². The Kier molecular flexibility index (Phi) is 8.13. The van der Waals surface area contributed by atoms with Gasteiger partial charge in [0.15, 0.2) is 0 Å². The lowest BCUT2D eigenvalue weighted by Crippen LogP contribution is -2.54. The first-order chi connectivity index (χ1) is 17.4. The molecule has 1 aromatic carbocycles. The number of methoxy groups -OCH3 is 1. The summed E-state index contributed by atoms with van der Waals surface area (Å²) >= 11 is 12.3. The van der Waals surface area contributed by atoms with E-state index >= 15 is 0 Å². The molecule has 0 unspecified atom stereocenters. The van der Waals surface area contributed by atoms with Gasteiger partial charge in [-0.2, -0.15) is 0 Å². The molecule has 2 saturated heterocycles. The number of hydrogen-bond donors (Lipinski definition) is 1. The zero-order valence-corrected chi connectivity index (χ0v) is 22.4. The number of nitrogens with zero attached hydrogens (tertiary/aromatic N) is 3. The van der Waals surface area contributed by atoms with Crippen molar-refractivity contribution in [1.29, 1.82) is 0 Å². The zero-order chi connectivity index (χ0) is 25.2. The van der Waals surface area contributed by atoms with Crippen LogP contribution in [0.4, 0.5) is 0 Å². The van der Waals surface area contributed by atoms with Crippen LogP contribution < -0.4 is 5.32 Å². The highest BCUT2D eigenvalue weighted by molar-refractivity contribution is 6.42. The number of likely N-dealkylation sites (tertiary alicyclic amines) is 1. The van der Waals surface area contributed by atoms with E-state index in [1.54, 1.807) is 13.2 Å². The van der Waals surface area contributed by atoms with Gasteiger partial charge in [-0.3, -0.25) is 4.79 Å². The third-order valence-electron chi connectivity index (χ3n) is 7.60. The van der Waals surface area contributed by atoms with Crippen LogP contribution in [0, 0.1) is 6.92 Å². The predicted molar refractivity (Wildman–Crippen MR) is 140 cm³/mol. The highest BCUT2D eigenvalue weighted by Gasteiger charge is 2.33. The van der Waals surface area contributed by atoms with Crippen molar-refractivity contribution in [2.45, 2.75) is 69.6 Å². The first-order valence-corrected chi connectivity index (χ1v) is 13.7. The average molecular weight is 534 g/mol. The molecule has 1 aromatic heterocycles. The molecular formula is C27H34Cl2N4O3. The second-order valence-corrected chi connectivity index (χ2v) is 11.0. The van der Waals surface area contributed by atoms with Crippen LogP contribution in [-0.2, 0) is 15.9 Å².